The molecule has 0 unspecified atom stereocenters. The Morgan fingerprint density at radius 3 is 2.64 bits per heavy atom. The number of para-hydroxylation sites is 2. The van der Waals surface area contributed by atoms with E-state index in [2.05, 4.69) is 20.5 Å². The lowest BCUT2D eigenvalue weighted by molar-refractivity contribution is 0.724. The van der Waals surface area contributed by atoms with Crippen LogP contribution >= 0.6 is 11.8 Å². The predicted molar refractivity (Wildman–Crippen MR) is 95.7 cm³/mol. The first-order chi connectivity index (χ1) is 12.2. The van der Waals surface area contributed by atoms with E-state index >= 15 is 0 Å². The van der Waals surface area contributed by atoms with Gasteiger partial charge in [-0.05, 0) is 34.7 Å². The van der Waals surface area contributed by atoms with Crippen molar-refractivity contribution in [3.05, 3.63) is 70.8 Å². The third kappa shape index (κ3) is 2.91. The van der Waals surface area contributed by atoms with E-state index in [1.807, 2.05) is 48.5 Å². The quantitative estimate of drug-likeness (QED) is 0.415. The van der Waals surface area contributed by atoms with Gasteiger partial charge in [0.2, 0.25) is 0 Å². The molecule has 25 heavy (non-hydrogen) atoms. The van der Waals surface area contributed by atoms with E-state index in [0.717, 1.165) is 5.69 Å². The van der Waals surface area contributed by atoms with Gasteiger partial charge in [-0.25, -0.2) is 4.98 Å². The molecule has 8 heteroatoms. The first-order valence-electron chi connectivity index (χ1n) is 7.65. The van der Waals surface area contributed by atoms with Crippen LogP contribution < -0.4 is 5.56 Å². The third-order valence-electron chi connectivity index (χ3n) is 3.81. The minimum atomic E-state index is -0.0595. The van der Waals surface area contributed by atoms with Gasteiger partial charge < -0.3 is 0 Å². The summed E-state index contributed by atoms with van der Waals surface area (Å²) in [6.07, 6.45) is 0. The molecule has 0 aliphatic heterocycles. The number of hydrogen-bond acceptors (Lipinski definition) is 6. The summed E-state index contributed by atoms with van der Waals surface area (Å²) in [5, 5.41) is 13.1. The van der Waals surface area contributed by atoms with Crippen molar-refractivity contribution in [2.45, 2.75) is 10.9 Å². The zero-order valence-corrected chi connectivity index (χ0v) is 14.2. The molecule has 0 atom stereocenters. The molecule has 0 amide bonds. The van der Waals surface area contributed by atoms with E-state index < -0.39 is 0 Å². The maximum Gasteiger partial charge on any atom is 0.261 e. The largest absolute Gasteiger partial charge is 0.290 e. The van der Waals surface area contributed by atoms with E-state index in [4.69, 9.17) is 0 Å². The number of hydrogen-bond donors (Lipinski definition) is 0. The van der Waals surface area contributed by atoms with E-state index in [0.29, 0.717) is 27.6 Å². The molecule has 0 spiro atoms. The predicted octanol–water partition coefficient (Wildman–Crippen LogP) is 2.20. The molecule has 0 bridgehead atoms. The molecule has 2 aromatic carbocycles. The Labute approximate surface area is 147 Å². The van der Waals surface area contributed by atoms with Crippen LogP contribution in [0.4, 0.5) is 0 Å². The molecule has 0 fully saturated rings. The monoisotopic (exact) mass is 350 g/mol. The van der Waals surface area contributed by atoms with Crippen molar-refractivity contribution < 1.29 is 0 Å². The Hall–Kier alpha value is -3.00. The summed E-state index contributed by atoms with van der Waals surface area (Å²) >= 11 is 1.43. The fourth-order valence-corrected chi connectivity index (χ4v) is 3.40. The highest BCUT2D eigenvalue weighted by molar-refractivity contribution is 7.98. The fourth-order valence-electron chi connectivity index (χ4n) is 2.52. The molecule has 0 aliphatic carbocycles. The van der Waals surface area contributed by atoms with E-state index in [1.165, 1.54) is 11.8 Å². The van der Waals surface area contributed by atoms with E-state index in [-0.39, 0.29) is 5.56 Å². The Kier molecular flexibility index (Phi) is 4.02. The van der Waals surface area contributed by atoms with Gasteiger partial charge >= 0.3 is 0 Å². The van der Waals surface area contributed by atoms with Crippen molar-refractivity contribution in [2.75, 3.05) is 0 Å². The highest BCUT2D eigenvalue weighted by Gasteiger charge is 2.12. The smallest absolute Gasteiger partial charge is 0.261 e. The number of rotatable bonds is 4. The average molecular weight is 350 g/mol. The van der Waals surface area contributed by atoms with Gasteiger partial charge in [-0.15, -0.1) is 5.10 Å². The average Bonchev–Trinajstić information content (AvgIpc) is 3.13. The maximum atomic E-state index is 12.5. The van der Waals surface area contributed by atoms with Crippen LogP contribution in [0.25, 0.3) is 16.6 Å². The first-order valence-corrected chi connectivity index (χ1v) is 8.64. The topological polar surface area (TPSA) is 78.5 Å². The SMILES string of the molecule is Cn1c(SCc2nnnn2-c2ccccc2)nc2ccccc2c1=O. The first kappa shape index (κ1) is 15.5. The Bertz CT molecular complexity index is 1090. The van der Waals surface area contributed by atoms with E-state index in [9.17, 15) is 4.79 Å². The number of tetrazole rings is 1. The number of nitrogens with zero attached hydrogens (tertiary/aromatic N) is 6. The summed E-state index contributed by atoms with van der Waals surface area (Å²) in [7, 11) is 1.73. The number of fused-ring (bicyclic) bond motifs is 1. The van der Waals surface area contributed by atoms with Gasteiger partial charge in [-0.1, -0.05) is 42.1 Å². The molecule has 7 nitrogen and oxygen atoms in total. The van der Waals surface area contributed by atoms with Crippen LogP contribution in [-0.4, -0.2) is 29.8 Å². The minimum Gasteiger partial charge on any atom is -0.290 e. The number of aromatic nitrogens is 6. The molecule has 0 aliphatic rings. The molecular formula is C17H14N6OS. The molecule has 124 valence electrons. The minimum absolute atomic E-state index is 0.0595. The van der Waals surface area contributed by atoms with Crippen molar-refractivity contribution in [1.82, 2.24) is 29.8 Å². The van der Waals surface area contributed by atoms with Crippen molar-refractivity contribution in [1.29, 1.82) is 0 Å². The van der Waals surface area contributed by atoms with Crippen LogP contribution in [0.3, 0.4) is 0 Å². The van der Waals surface area contributed by atoms with Crippen molar-refractivity contribution in [3.8, 4) is 5.69 Å². The number of benzene rings is 2. The summed E-state index contributed by atoms with van der Waals surface area (Å²) in [4.78, 5) is 17.0. The molecule has 0 N–H and O–H groups in total. The molecule has 0 saturated carbocycles. The summed E-state index contributed by atoms with van der Waals surface area (Å²) in [5.41, 5.74) is 1.52. The van der Waals surface area contributed by atoms with Crippen LogP contribution in [0.5, 0.6) is 0 Å². The molecule has 4 aromatic rings. The van der Waals surface area contributed by atoms with Crippen LogP contribution in [0.2, 0.25) is 0 Å². The summed E-state index contributed by atoms with van der Waals surface area (Å²) in [6, 6.07) is 17.0. The lowest BCUT2D eigenvalue weighted by Gasteiger charge is -2.08. The van der Waals surface area contributed by atoms with Gasteiger partial charge in [-0.3, -0.25) is 9.36 Å². The highest BCUT2D eigenvalue weighted by Crippen LogP contribution is 2.21. The molecule has 0 radical (unpaired) electrons. The molecular weight excluding hydrogens is 336 g/mol. The van der Waals surface area contributed by atoms with Crippen LogP contribution in [0, 0.1) is 0 Å². The van der Waals surface area contributed by atoms with E-state index in [1.54, 1.807) is 22.4 Å². The summed E-state index contributed by atoms with van der Waals surface area (Å²) in [5.74, 6) is 1.19. The number of thioether (sulfide) groups is 1. The van der Waals surface area contributed by atoms with Crippen LogP contribution in [-0.2, 0) is 12.8 Å². The summed E-state index contributed by atoms with van der Waals surface area (Å²) < 4.78 is 3.25. The van der Waals surface area contributed by atoms with Gasteiger partial charge in [0.05, 0.1) is 22.3 Å². The molecule has 2 heterocycles. The second-order valence-electron chi connectivity index (χ2n) is 5.41. The third-order valence-corrected chi connectivity index (χ3v) is 4.83. The van der Waals surface area contributed by atoms with Gasteiger partial charge in [0.25, 0.3) is 5.56 Å². The lowest BCUT2D eigenvalue weighted by Crippen LogP contribution is -2.20. The van der Waals surface area contributed by atoms with Crippen molar-refractivity contribution in [2.24, 2.45) is 7.05 Å². The Morgan fingerprint density at radius 1 is 1.04 bits per heavy atom. The fraction of sp³-hybridized carbons (Fsp3) is 0.118. The molecule has 4 rings (SSSR count). The Morgan fingerprint density at radius 2 is 1.80 bits per heavy atom. The highest BCUT2D eigenvalue weighted by atomic mass is 32.2. The normalized spacial score (nSPS) is 11.1. The zero-order chi connectivity index (χ0) is 17.2. The van der Waals surface area contributed by atoms with Crippen LogP contribution in [0.1, 0.15) is 5.82 Å². The van der Waals surface area contributed by atoms with Gasteiger partial charge in [0.1, 0.15) is 0 Å². The Balaban J connectivity index is 1.65. The van der Waals surface area contributed by atoms with Gasteiger partial charge in [-0.2, -0.15) is 4.68 Å². The summed E-state index contributed by atoms with van der Waals surface area (Å²) in [6.45, 7) is 0. The molecule has 0 saturated heterocycles. The standard InChI is InChI=1S/C17H14N6OS/c1-22-16(24)13-9-5-6-10-14(13)18-17(22)25-11-15-19-20-21-23(15)12-7-3-2-4-8-12/h2-10H,11H2,1H3. The zero-order valence-electron chi connectivity index (χ0n) is 13.4. The maximum absolute atomic E-state index is 12.5. The second kappa shape index (κ2) is 6.48. The van der Waals surface area contributed by atoms with Crippen LogP contribution in [0.15, 0.2) is 64.5 Å². The van der Waals surface area contributed by atoms with Crippen molar-refractivity contribution >= 4 is 22.7 Å². The lowest BCUT2D eigenvalue weighted by atomic mass is 10.2. The van der Waals surface area contributed by atoms with Crippen molar-refractivity contribution in [3.63, 3.8) is 0 Å². The molecule has 2 aromatic heterocycles. The second-order valence-corrected chi connectivity index (χ2v) is 6.35. The van der Waals surface area contributed by atoms with Gasteiger partial charge in [0.15, 0.2) is 11.0 Å². The van der Waals surface area contributed by atoms with Gasteiger partial charge in [0, 0.05) is 7.05 Å².